The third kappa shape index (κ3) is 5.48. The number of imidazole rings is 1. The third-order valence-electron chi connectivity index (χ3n) is 6.50. The molecule has 0 bridgehead atoms. The van der Waals surface area contributed by atoms with Gasteiger partial charge in [-0.1, -0.05) is 30.3 Å². The van der Waals surface area contributed by atoms with Gasteiger partial charge in [0.1, 0.15) is 5.82 Å². The number of benzene rings is 2. The minimum atomic E-state index is -3.52. The van der Waals surface area contributed by atoms with Crippen molar-refractivity contribution in [2.75, 3.05) is 27.2 Å². The van der Waals surface area contributed by atoms with Crippen molar-refractivity contribution < 1.29 is 13.2 Å². The Balaban J connectivity index is 1.30. The van der Waals surface area contributed by atoms with Crippen molar-refractivity contribution in [1.29, 1.82) is 0 Å². The maximum absolute atomic E-state index is 12.6. The SMILES string of the molecule is CN(C)S(=O)(=O)c1ccc2c(c1)nc(CCC(=O)NC1CCN(Cc3ccccc3)CC1)n2C. The first-order valence-corrected chi connectivity index (χ1v) is 13.1. The van der Waals surface area contributed by atoms with Crippen LogP contribution in [0.3, 0.4) is 0 Å². The number of likely N-dealkylation sites (tertiary alicyclic amines) is 1. The lowest BCUT2D eigenvalue weighted by Gasteiger charge is -2.32. The van der Waals surface area contributed by atoms with Gasteiger partial charge in [-0.2, -0.15) is 0 Å². The van der Waals surface area contributed by atoms with Crippen LogP contribution in [0.5, 0.6) is 0 Å². The number of amides is 1. The highest BCUT2D eigenvalue weighted by atomic mass is 32.2. The van der Waals surface area contributed by atoms with Crippen molar-refractivity contribution in [2.45, 2.75) is 43.2 Å². The monoisotopic (exact) mass is 483 g/mol. The average molecular weight is 484 g/mol. The number of nitrogens with zero attached hydrogens (tertiary/aromatic N) is 4. The number of hydrogen-bond donors (Lipinski definition) is 1. The van der Waals surface area contributed by atoms with E-state index in [-0.39, 0.29) is 16.8 Å². The summed E-state index contributed by atoms with van der Waals surface area (Å²) < 4.78 is 28.0. The molecular formula is C25H33N5O3S. The molecule has 182 valence electrons. The quantitative estimate of drug-likeness (QED) is 0.532. The molecule has 1 N–H and O–H groups in total. The van der Waals surface area contributed by atoms with Crippen molar-refractivity contribution in [3.05, 3.63) is 59.9 Å². The summed E-state index contributed by atoms with van der Waals surface area (Å²) >= 11 is 0. The van der Waals surface area contributed by atoms with Crippen molar-refractivity contribution >= 4 is 27.0 Å². The molecule has 0 saturated carbocycles. The number of rotatable bonds is 8. The van der Waals surface area contributed by atoms with Gasteiger partial charge in [0.05, 0.1) is 15.9 Å². The fourth-order valence-corrected chi connectivity index (χ4v) is 5.35. The number of fused-ring (bicyclic) bond motifs is 1. The molecule has 8 nitrogen and oxygen atoms in total. The summed E-state index contributed by atoms with van der Waals surface area (Å²) in [6.07, 6.45) is 2.76. The molecule has 2 heterocycles. The lowest BCUT2D eigenvalue weighted by molar-refractivity contribution is -0.122. The van der Waals surface area contributed by atoms with Crippen molar-refractivity contribution in [3.8, 4) is 0 Å². The van der Waals surface area contributed by atoms with Crippen LogP contribution in [0.1, 0.15) is 30.7 Å². The Bertz CT molecular complexity index is 1250. The fourth-order valence-electron chi connectivity index (χ4n) is 4.43. The minimum Gasteiger partial charge on any atom is -0.353 e. The Morgan fingerprint density at radius 1 is 1.12 bits per heavy atom. The molecule has 0 spiro atoms. The average Bonchev–Trinajstić information content (AvgIpc) is 3.14. The van der Waals surface area contributed by atoms with Gasteiger partial charge >= 0.3 is 0 Å². The van der Waals surface area contributed by atoms with E-state index >= 15 is 0 Å². The number of aromatic nitrogens is 2. The summed E-state index contributed by atoms with van der Waals surface area (Å²) in [5.74, 6) is 0.798. The molecule has 2 aromatic carbocycles. The van der Waals surface area contributed by atoms with Gasteiger partial charge in [0, 0.05) is 59.7 Å². The highest BCUT2D eigenvalue weighted by molar-refractivity contribution is 7.89. The Morgan fingerprint density at radius 2 is 1.82 bits per heavy atom. The van der Waals surface area contributed by atoms with Crippen LogP contribution in [0.2, 0.25) is 0 Å². The largest absolute Gasteiger partial charge is 0.353 e. The number of aryl methyl sites for hydroxylation is 2. The molecule has 1 aliphatic heterocycles. The van der Waals surface area contributed by atoms with Crippen LogP contribution in [0.15, 0.2) is 53.4 Å². The summed E-state index contributed by atoms with van der Waals surface area (Å²) in [6.45, 7) is 2.90. The second-order valence-electron chi connectivity index (χ2n) is 9.13. The van der Waals surface area contributed by atoms with Crippen LogP contribution < -0.4 is 5.32 Å². The zero-order chi connectivity index (χ0) is 24.3. The number of carbonyl (C=O) groups is 1. The van der Waals surface area contributed by atoms with E-state index in [1.165, 1.54) is 24.0 Å². The minimum absolute atomic E-state index is 0.0319. The van der Waals surface area contributed by atoms with Crippen LogP contribution in [-0.4, -0.2) is 66.3 Å². The summed E-state index contributed by atoms with van der Waals surface area (Å²) in [4.78, 5) is 19.9. The molecule has 4 rings (SSSR count). The van der Waals surface area contributed by atoms with Gasteiger partial charge in [-0.05, 0) is 36.6 Å². The van der Waals surface area contributed by atoms with Crippen LogP contribution in [0.4, 0.5) is 0 Å². The molecule has 9 heteroatoms. The van der Waals surface area contributed by atoms with Gasteiger partial charge in [-0.25, -0.2) is 17.7 Å². The first kappa shape index (κ1) is 24.4. The number of piperidine rings is 1. The van der Waals surface area contributed by atoms with Crippen molar-refractivity contribution in [2.24, 2.45) is 7.05 Å². The van der Waals surface area contributed by atoms with Gasteiger partial charge in [0.15, 0.2) is 0 Å². The molecule has 1 fully saturated rings. The second kappa shape index (κ2) is 10.2. The zero-order valence-corrected chi connectivity index (χ0v) is 20.9. The summed E-state index contributed by atoms with van der Waals surface area (Å²) in [6, 6.07) is 15.6. The second-order valence-corrected chi connectivity index (χ2v) is 11.3. The molecule has 0 atom stereocenters. The van der Waals surface area contributed by atoms with Gasteiger partial charge in [0.2, 0.25) is 15.9 Å². The third-order valence-corrected chi connectivity index (χ3v) is 8.31. The molecule has 1 saturated heterocycles. The van der Waals surface area contributed by atoms with Gasteiger partial charge in [-0.3, -0.25) is 9.69 Å². The Morgan fingerprint density at radius 3 is 2.50 bits per heavy atom. The molecule has 34 heavy (non-hydrogen) atoms. The Hall–Kier alpha value is -2.75. The molecule has 0 aliphatic carbocycles. The molecule has 3 aromatic rings. The lowest BCUT2D eigenvalue weighted by Crippen LogP contribution is -2.44. The predicted molar refractivity (Wildman–Crippen MR) is 133 cm³/mol. The Labute approximate surface area is 201 Å². The first-order chi connectivity index (χ1) is 16.2. The van der Waals surface area contributed by atoms with E-state index < -0.39 is 10.0 Å². The zero-order valence-electron chi connectivity index (χ0n) is 20.1. The molecule has 0 radical (unpaired) electrons. The topological polar surface area (TPSA) is 87.5 Å². The van der Waals surface area contributed by atoms with E-state index in [4.69, 9.17) is 0 Å². The standard InChI is InChI=1S/C25H33N5O3S/c1-28(2)34(32,33)21-9-10-23-22(17-21)27-24(29(23)3)11-12-25(31)26-20-13-15-30(16-14-20)18-19-7-5-4-6-8-19/h4-10,17,20H,11-16,18H2,1-3H3,(H,26,31). The summed E-state index contributed by atoms with van der Waals surface area (Å²) in [7, 11) is 1.39. The van der Waals surface area contributed by atoms with Gasteiger partial charge in [0.25, 0.3) is 0 Å². The van der Waals surface area contributed by atoms with Crippen LogP contribution in [-0.2, 0) is 34.8 Å². The maximum atomic E-state index is 12.6. The highest BCUT2D eigenvalue weighted by Crippen LogP contribution is 2.22. The van der Waals surface area contributed by atoms with Crippen LogP contribution in [0, 0.1) is 0 Å². The highest BCUT2D eigenvalue weighted by Gasteiger charge is 2.22. The predicted octanol–water partition coefficient (Wildman–Crippen LogP) is 2.54. The molecule has 1 aliphatic rings. The number of sulfonamides is 1. The van der Waals surface area contributed by atoms with Crippen LogP contribution in [0.25, 0.3) is 11.0 Å². The molecular weight excluding hydrogens is 450 g/mol. The van der Waals surface area contributed by atoms with Gasteiger partial charge < -0.3 is 9.88 Å². The Kier molecular flexibility index (Phi) is 7.35. The van der Waals surface area contributed by atoms with Crippen molar-refractivity contribution in [3.63, 3.8) is 0 Å². The molecule has 0 unspecified atom stereocenters. The summed E-state index contributed by atoms with van der Waals surface area (Å²) in [5.41, 5.74) is 2.78. The smallest absolute Gasteiger partial charge is 0.242 e. The van der Waals surface area contributed by atoms with E-state index in [0.29, 0.717) is 18.4 Å². The molecule has 1 aromatic heterocycles. The van der Waals surface area contributed by atoms with E-state index in [2.05, 4.69) is 39.5 Å². The van der Waals surface area contributed by atoms with E-state index in [9.17, 15) is 13.2 Å². The van der Waals surface area contributed by atoms with E-state index in [0.717, 1.165) is 43.8 Å². The number of carbonyl (C=O) groups excluding carboxylic acids is 1. The number of hydrogen-bond acceptors (Lipinski definition) is 5. The fraction of sp³-hybridized carbons (Fsp3) is 0.440. The van der Waals surface area contributed by atoms with E-state index in [1.54, 1.807) is 18.2 Å². The molecule has 1 amide bonds. The maximum Gasteiger partial charge on any atom is 0.242 e. The van der Waals surface area contributed by atoms with E-state index in [1.807, 2.05) is 17.7 Å². The van der Waals surface area contributed by atoms with Gasteiger partial charge in [-0.15, -0.1) is 0 Å². The summed E-state index contributed by atoms with van der Waals surface area (Å²) in [5, 5.41) is 3.18. The van der Waals surface area contributed by atoms with Crippen molar-refractivity contribution in [1.82, 2.24) is 24.1 Å². The number of nitrogens with one attached hydrogen (secondary N) is 1. The lowest BCUT2D eigenvalue weighted by atomic mass is 10.0. The van der Waals surface area contributed by atoms with Crippen LogP contribution >= 0.6 is 0 Å². The normalized spacial score (nSPS) is 15.8. The first-order valence-electron chi connectivity index (χ1n) is 11.7.